The van der Waals surface area contributed by atoms with E-state index in [1.54, 1.807) is 0 Å². The Bertz CT molecular complexity index is 665. The first-order valence-electron chi connectivity index (χ1n) is 8.61. The fourth-order valence-corrected chi connectivity index (χ4v) is 2.75. The average Bonchev–Trinajstić information content (AvgIpc) is 2.55. The molecule has 0 unspecified atom stereocenters. The van der Waals surface area contributed by atoms with Crippen LogP contribution in [0.4, 0.5) is 5.69 Å². The normalized spacial score (nSPS) is 11.1. The summed E-state index contributed by atoms with van der Waals surface area (Å²) < 4.78 is 0. The smallest absolute Gasteiger partial charge is 0.225 e. The first-order chi connectivity index (χ1) is 11.5. The Balaban J connectivity index is 1.90. The number of amides is 1. The summed E-state index contributed by atoms with van der Waals surface area (Å²) in [6, 6.07) is 16.9. The lowest BCUT2D eigenvalue weighted by molar-refractivity contribution is -0.116. The predicted molar refractivity (Wildman–Crippen MR) is 101 cm³/mol. The van der Waals surface area contributed by atoms with Crippen molar-refractivity contribution in [2.45, 2.75) is 46.7 Å². The molecule has 128 valence electrons. The Morgan fingerprint density at radius 1 is 1.08 bits per heavy atom. The first kappa shape index (κ1) is 18.2. The molecule has 3 nitrogen and oxygen atoms in total. The second-order valence-electron chi connectivity index (χ2n) is 6.67. The lowest BCUT2D eigenvalue weighted by Crippen LogP contribution is -2.33. The molecule has 1 N–H and O–H groups in total. The van der Waals surface area contributed by atoms with E-state index in [2.05, 4.69) is 61.3 Å². The van der Waals surface area contributed by atoms with Crippen LogP contribution in [0.1, 0.15) is 37.0 Å². The van der Waals surface area contributed by atoms with Crippen molar-refractivity contribution in [2.75, 3.05) is 11.9 Å². The van der Waals surface area contributed by atoms with Gasteiger partial charge in [-0.2, -0.15) is 0 Å². The lowest BCUT2D eigenvalue weighted by atomic mass is 10.1. The number of nitrogens with zero attached hydrogens (tertiary/aromatic N) is 1. The molecule has 24 heavy (non-hydrogen) atoms. The van der Waals surface area contributed by atoms with E-state index in [-0.39, 0.29) is 5.91 Å². The SMILES string of the molecule is Cc1ccc(NC(=O)CCN(Cc2ccccc2)C(C)C)c(C)c1. The zero-order chi connectivity index (χ0) is 17.5. The summed E-state index contributed by atoms with van der Waals surface area (Å²) in [6.45, 7) is 10.1. The maximum absolute atomic E-state index is 12.3. The third kappa shape index (κ3) is 5.50. The van der Waals surface area contributed by atoms with E-state index >= 15 is 0 Å². The molecule has 2 aromatic carbocycles. The molecule has 0 aliphatic rings. The van der Waals surface area contributed by atoms with Crippen LogP contribution in [-0.2, 0) is 11.3 Å². The van der Waals surface area contributed by atoms with Gasteiger partial charge in [-0.25, -0.2) is 0 Å². The van der Waals surface area contributed by atoms with Gasteiger partial charge < -0.3 is 5.32 Å². The summed E-state index contributed by atoms with van der Waals surface area (Å²) in [6.07, 6.45) is 0.498. The molecule has 0 aliphatic carbocycles. The van der Waals surface area contributed by atoms with Crippen molar-refractivity contribution < 1.29 is 4.79 Å². The average molecular weight is 324 g/mol. The molecule has 0 saturated heterocycles. The molecule has 0 bridgehead atoms. The maximum Gasteiger partial charge on any atom is 0.225 e. The monoisotopic (exact) mass is 324 g/mol. The van der Waals surface area contributed by atoms with Crippen molar-refractivity contribution in [2.24, 2.45) is 0 Å². The molecule has 0 spiro atoms. The summed E-state index contributed by atoms with van der Waals surface area (Å²) in [5.74, 6) is 0.0701. The molecule has 0 aromatic heterocycles. The number of anilines is 1. The number of hydrogen-bond donors (Lipinski definition) is 1. The van der Waals surface area contributed by atoms with Crippen molar-refractivity contribution in [1.29, 1.82) is 0 Å². The Morgan fingerprint density at radius 3 is 2.42 bits per heavy atom. The van der Waals surface area contributed by atoms with Gasteiger partial charge in [0.2, 0.25) is 5.91 Å². The van der Waals surface area contributed by atoms with Crippen LogP contribution in [0.5, 0.6) is 0 Å². The highest BCUT2D eigenvalue weighted by Crippen LogP contribution is 2.16. The Labute approximate surface area is 145 Å². The topological polar surface area (TPSA) is 32.3 Å². The van der Waals surface area contributed by atoms with Crippen LogP contribution in [0.3, 0.4) is 0 Å². The molecule has 0 heterocycles. The summed E-state index contributed by atoms with van der Waals surface area (Å²) in [4.78, 5) is 14.6. The number of nitrogens with one attached hydrogen (secondary N) is 1. The third-order valence-corrected chi connectivity index (χ3v) is 4.24. The number of hydrogen-bond acceptors (Lipinski definition) is 2. The number of benzene rings is 2. The molecule has 1 amide bonds. The summed E-state index contributed by atoms with van der Waals surface area (Å²) in [5.41, 5.74) is 4.50. The van der Waals surface area contributed by atoms with Gasteiger partial charge in [0.15, 0.2) is 0 Å². The number of carbonyl (C=O) groups excluding carboxylic acids is 1. The van der Waals surface area contributed by atoms with Crippen molar-refractivity contribution in [3.05, 3.63) is 65.2 Å². The number of carbonyl (C=O) groups is 1. The highest BCUT2D eigenvalue weighted by Gasteiger charge is 2.13. The second kappa shape index (κ2) is 8.65. The van der Waals surface area contributed by atoms with Crippen LogP contribution in [-0.4, -0.2) is 23.4 Å². The lowest BCUT2D eigenvalue weighted by Gasteiger charge is -2.26. The van der Waals surface area contributed by atoms with Crippen LogP contribution in [0, 0.1) is 13.8 Å². The van der Waals surface area contributed by atoms with Gasteiger partial charge in [-0.05, 0) is 44.9 Å². The third-order valence-electron chi connectivity index (χ3n) is 4.24. The number of rotatable bonds is 7. The molecule has 0 atom stereocenters. The van der Waals surface area contributed by atoms with E-state index in [1.807, 2.05) is 25.1 Å². The van der Waals surface area contributed by atoms with Crippen LogP contribution in [0.25, 0.3) is 0 Å². The molecular formula is C21H28N2O. The summed E-state index contributed by atoms with van der Waals surface area (Å²) >= 11 is 0. The molecule has 0 saturated carbocycles. The highest BCUT2D eigenvalue weighted by atomic mass is 16.1. The van der Waals surface area contributed by atoms with Gasteiger partial charge in [0, 0.05) is 31.2 Å². The van der Waals surface area contributed by atoms with Gasteiger partial charge in [0.05, 0.1) is 0 Å². The Kier molecular flexibility index (Phi) is 6.56. The van der Waals surface area contributed by atoms with Crippen molar-refractivity contribution in [3.8, 4) is 0 Å². The molecular weight excluding hydrogens is 296 g/mol. The quantitative estimate of drug-likeness (QED) is 0.811. The number of aryl methyl sites for hydroxylation is 2. The standard InChI is InChI=1S/C21H28N2O/c1-16(2)23(15-19-8-6-5-7-9-19)13-12-21(24)22-20-11-10-17(3)14-18(20)4/h5-11,14,16H,12-13,15H2,1-4H3,(H,22,24). The van der Waals surface area contributed by atoms with E-state index in [0.29, 0.717) is 12.5 Å². The van der Waals surface area contributed by atoms with E-state index in [0.717, 1.165) is 24.3 Å². The Hall–Kier alpha value is -2.13. The van der Waals surface area contributed by atoms with Crippen LogP contribution in [0.2, 0.25) is 0 Å². The second-order valence-corrected chi connectivity index (χ2v) is 6.67. The molecule has 0 aliphatic heterocycles. The van der Waals surface area contributed by atoms with Gasteiger partial charge in [-0.1, -0.05) is 48.0 Å². The van der Waals surface area contributed by atoms with Crippen molar-refractivity contribution >= 4 is 11.6 Å². The summed E-state index contributed by atoms with van der Waals surface area (Å²) in [7, 11) is 0. The van der Waals surface area contributed by atoms with Crippen molar-refractivity contribution in [3.63, 3.8) is 0 Å². The van der Waals surface area contributed by atoms with Crippen LogP contribution in [0.15, 0.2) is 48.5 Å². The molecule has 0 fully saturated rings. The largest absolute Gasteiger partial charge is 0.326 e. The van der Waals surface area contributed by atoms with Crippen LogP contribution >= 0.6 is 0 Å². The van der Waals surface area contributed by atoms with Gasteiger partial charge in [0.25, 0.3) is 0 Å². The molecule has 2 aromatic rings. The van der Waals surface area contributed by atoms with Crippen molar-refractivity contribution in [1.82, 2.24) is 4.90 Å². The minimum Gasteiger partial charge on any atom is -0.326 e. The zero-order valence-corrected chi connectivity index (χ0v) is 15.2. The Morgan fingerprint density at radius 2 is 1.79 bits per heavy atom. The minimum absolute atomic E-state index is 0.0701. The van der Waals surface area contributed by atoms with Gasteiger partial charge in [-0.3, -0.25) is 9.69 Å². The summed E-state index contributed by atoms with van der Waals surface area (Å²) in [5, 5.41) is 3.03. The van der Waals surface area contributed by atoms with E-state index in [4.69, 9.17) is 0 Å². The maximum atomic E-state index is 12.3. The van der Waals surface area contributed by atoms with Crippen LogP contribution < -0.4 is 5.32 Å². The van der Waals surface area contributed by atoms with Gasteiger partial charge in [-0.15, -0.1) is 0 Å². The molecule has 3 heteroatoms. The van der Waals surface area contributed by atoms with E-state index in [9.17, 15) is 4.79 Å². The van der Waals surface area contributed by atoms with E-state index in [1.165, 1.54) is 11.1 Å². The first-order valence-corrected chi connectivity index (χ1v) is 8.61. The molecule has 2 rings (SSSR count). The zero-order valence-electron chi connectivity index (χ0n) is 15.2. The van der Waals surface area contributed by atoms with Gasteiger partial charge in [0.1, 0.15) is 0 Å². The van der Waals surface area contributed by atoms with E-state index < -0.39 is 0 Å². The highest BCUT2D eigenvalue weighted by molar-refractivity contribution is 5.91. The van der Waals surface area contributed by atoms with Gasteiger partial charge >= 0.3 is 0 Å². The predicted octanol–water partition coefficient (Wildman–Crippen LogP) is 4.54. The molecule has 0 radical (unpaired) electrons. The fourth-order valence-electron chi connectivity index (χ4n) is 2.75. The fraction of sp³-hybridized carbons (Fsp3) is 0.381. The minimum atomic E-state index is 0.0701.